The summed E-state index contributed by atoms with van der Waals surface area (Å²) in [6, 6.07) is 8.81. The van der Waals surface area contributed by atoms with E-state index in [0.717, 1.165) is 36.4 Å². The molecule has 1 aliphatic rings. The Morgan fingerprint density at radius 3 is 2.38 bits per heavy atom. The molecule has 0 radical (unpaired) electrons. The van der Waals surface area contributed by atoms with Gasteiger partial charge in [-0.15, -0.1) is 0 Å². The lowest BCUT2D eigenvalue weighted by Gasteiger charge is -2.38. The van der Waals surface area contributed by atoms with Gasteiger partial charge in [0.2, 0.25) is 0 Å². The van der Waals surface area contributed by atoms with Crippen LogP contribution in [-0.4, -0.2) is 18.0 Å². The fourth-order valence-electron chi connectivity index (χ4n) is 4.24. The molecule has 1 nitrogen and oxygen atoms in total. The van der Waals surface area contributed by atoms with Gasteiger partial charge >= 0.3 is 0 Å². The van der Waals surface area contributed by atoms with Gasteiger partial charge in [-0.3, -0.25) is 0 Å². The third-order valence-corrected chi connectivity index (χ3v) is 6.35. The minimum atomic E-state index is 0.241. The van der Waals surface area contributed by atoms with Gasteiger partial charge in [-0.25, -0.2) is 0 Å². The Morgan fingerprint density at radius 1 is 1.16 bits per heavy atom. The normalized spacial score (nSPS) is 17.6. The first-order valence-corrected chi connectivity index (χ1v) is 11.7. The van der Waals surface area contributed by atoms with Gasteiger partial charge in [0.1, 0.15) is 0 Å². The molecule has 32 heavy (non-hydrogen) atoms. The van der Waals surface area contributed by atoms with Crippen molar-refractivity contribution in [2.24, 2.45) is 5.92 Å². The number of rotatable bonds is 9. The van der Waals surface area contributed by atoms with Crippen molar-refractivity contribution in [3.05, 3.63) is 113 Å². The number of allylic oxidation sites excluding steroid dienone is 7. The number of hydrogen-bond acceptors (Lipinski definition) is 1. The molecule has 2 unspecified atom stereocenters. The molecule has 1 heterocycles. The highest BCUT2D eigenvalue weighted by Crippen LogP contribution is 2.40. The van der Waals surface area contributed by atoms with Crippen LogP contribution < -0.4 is 0 Å². The van der Waals surface area contributed by atoms with Crippen LogP contribution in [0.4, 0.5) is 0 Å². The zero-order valence-electron chi connectivity index (χ0n) is 21.1. The van der Waals surface area contributed by atoms with Crippen molar-refractivity contribution in [1.29, 1.82) is 0 Å². The van der Waals surface area contributed by atoms with Crippen LogP contribution in [0.25, 0.3) is 5.57 Å². The minimum absolute atomic E-state index is 0.241. The molecule has 0 spiro atoms. The van der Waals surface area contributed by atoms with Gasteiger partial charge in [0.25, 0.3) is 0 Å². The summed E-state index contributed by atoms with van der Waals surface area (Å²) in [5.41, 5.74) is 10.9. The molecule has 0 bridgehead atoms. The molecule has 1 aromatic rings. The molecule has 0 saturated carbocycles. The summed E-state index contributed by atoms with van der Waals surface area (Å²) in [5.74, 6) is 0.705. The van der Waals surface area contributed by atoms with Crippen LogP contribution in [0, 0.1) is 5.92 Å². The third kappa shape index (κ3) is 5.91. The Morgan fingerprint density at radius 2 is 1.81 bits per heavy atom. The molecule has 0 aliphatic carbocycles. The summed E-state index contributed by atoms with van der Waals surface area (Å²) < 4.78 is 0. The highest BCUT2D eigenvalue weighted by atomic mass is 15.1. The second-order valence-corrected chi connectivity index (χ2v) is 9.40. The van der Waals surface area contributed by atoms with Gasteiger partial charge in [0.15, 0.2) is 0 Å². The summed E-state index contributed by atoms with van der Waals surface area (Å²) >= 11 is 0. The molecule has 170 valence electrons. The van der Waals surface area contributed by atoms with E-state index in [-0.39, 0.29) is 5.92 Å². The van der Waals surface area contributed by atoms with E-state index in [4.69, 9.17) is 0 Å². The van der Waals surface area contributed by atoms with Crippen molar-refractivity contribution < 1.29 is 0 Å². The monoisotopic (exact) mass is 427 g/mol. The van der Waals surface area contributed by atoms with Crippen LogP contribution in [-0.2, 0) is 0 Å². The minimum Gasteiger partial charge on any atom is -0.367 e. The maximum absolute atomic E-state index is 4.41. The van der Waals surface area contributed by atoms with Crippen molar-refractivity contribution in [3.63, 3.8) is 0 Å². The molecule has 2 rings (SSSR count). The quantitative estimate of drug-likeness (QED) is 0.356. The summed E-state index contributed by atoms with van der Waals surface area (Å²) in [7, 11) is 0. The first-order chi connectivity index (χ1) is 15.1. The van der Waals surface area contributed by atoms with Crippen molar-refractivity contribution in [2.75, 3.05) is 13.1 Å². The first-order valence-electron chi connectivity index (χ1n) is 11.7. The van der Waals surface area contributed by atoms with Gasteiger partial charge < -0.3 is 4.90 Å². The predicted octanol–water partition coefficient (Wildman–Crippen LogP) is 8.63. The topological polar surface area (TPSA) is 3.24 Å². The highest BCUT2D eigenvalue weighted by Gasteiger charge is 2.29. The van der Waals surface area contributed by atoms with Crippen molar-refractivity contribution >= 4 is 5.57 Å². The fraction of sp³-hybridized carbons (Fsp3) is 0.355. The molecule has 1 aliphatic heterocycles. The van der Waals surface area contributed by atoms with E-state index in [1.54, 1.807) is 0 Å². The van der Waals surface area contributed by atoms with Gasteiger partial charge in [-0.1, -0.05) is 99.7 Å². The molecule has 0 fully saturated rings. The first kappa shape index (κ1) is 25.5. The predicted molar refractivity (Wildman–Crippen MR) is 144 cm³/mol. The molecule has 0 N–H and O–H groups in total. The van der Waals surface area contributed by atoms with E-state index in [1.165, 1.54) is 33.4 Å². The molecular weight excluding hydrogens is 386 g/mol. The maximum Gasteiger partial charge on any atom is 0.0392 e. The Kier molecular flexibility index (Phi) is 8.89. The Bertz CT molecular complexity index is 991. The Labute approximate surface area is 196 Å². The number of hydrogen-bond donors (Lipinski definition) is 0. The Balaban J connectivity index is 2.76. The molecule has 2 atom stereocenters. The maximum atomic E-state index is 4.41. The fourth-order valence-corrected chi connectivity index (χ4v) is 4.24. The molecule has 1 heteroatoms. The smallest absolute Gasteiger partial charge is 0.0392 e. The summed E-state index contributed by atoms with van der Waals surface area (Å²) in [4.78, 5) is 2.34. The lowest BCUT2D eigenvalue weighted by atomic mass is 9.78. The summed E-state index contributed by atoms with van der Waals surface area (Å²) in [6.45, 7) is 31.7. The molecule has 1 aromatic carbocycles. The molecule has 0 aromatic heterocycles. The third-order valence-electron chi connectivity index (χ3n) is 6.35. The van der Waals surface area contributed by atoms with E-state index in [0.29, 0.717) is 5.92 Å². The zero-order chi connectivity index (χ0) is 24.0. The molecule has 0 amide bonds. The lowest BCUT2D eigenvalue weighted by molar-refractivity contribution is 0.349. The van der Waals surface area contributed by atoms with Gasteiger partial charge in [-0.05, 0) is 67.5 Å². The SMILES string of the molecule is C=CC(=C)N1CC(C)=C(C=C(C)C)C(c2ccccc2/C(=C/C(C)CC)C(=C)C(=C)C)C1. The molecule has 0 saturated heterocycles. The van der Waals surface area contributed by atoms with E-state index >= 15 is 0 Å². The standard InChI is InChI=1S/C31H41N/c1-11-23(7)18-30(26(10)22(5)6)27-15-13-14-16-28(27)31-20-32(25(9)12-2)19-24(8)29(31)17-21(3)4/h12-18,23,31H,2,5,9-11,19-20H2,1,3-4,6-8H3/b30-18+. The Hall–Kier alpha value is -2.80. The van der Waals surface area contributed by atoms with E-state index in [2.05, 4.69) is 102 Å². The second-order valence-electron chi connectivity index (χ2n) is 9.40. The zero-order valence-corrected chi connectivity index (χ0v) is 21.1. The molecular formula is C31H41N. The van der Waals surface area contributed by atoms with E-state index in [9.17, 15) is 0 Å². The number of nitrogens with zero attached hydrogens (tertiary/aromatic N) is 1. The van der Waals surface area contributed by atoms with Crippen LogP contribution in [0.15, 0.2) is 102 Å². The largest absolute Gasteiger partial charge is 0.367 e. The van der Waals surface area contributed by atoms with Crippen molar-refractivity contribution in [2.45, 2.75) is 53.9 Å². The summed E-state index contributed by atoms with van der Waals surface area (Å²) in [6.07, 6.45) is 7.68. The second kappa shape index (κ2) is 11.2. The average Bonchev–Trinajstić information content (AvgIpc) is 2.77. The van der Waals surface area contributed by atoms with Crippen LogP contribution in [0.5, 0.6) is 0 Å². The summed E-state index contributed by atoms with van der Waals surface area (Å²) in [5, 5.41) is 0. The van der Waals surface area contributed by atoms with Gasteiger partial charge in [-0.2, -0.15) is 0 Å². The number of benzene rings is 1. The van der Waals surface area contributed by atoms with Crippen LogP contribution in [0.3, 0.4) is 0 Å². The van der Waals surface area contributed by atoms with Gasteiger partial charge in [0.05, 0.1) is 0 Å². The highest BCUT2D eigenvalue weighted by molar-refractivity contribution is 5.84. The van der Waals surface area contributed by atoms with Gasteiger partial charge in [0, 0.05) is 24.7 Å². The van der Waals surface area contributed by atoms with Crippen molar-refractivity contribution in [3.8, 4) is 0 Å². The van der Waals surface area contributed by atoms with Crippen LogP contribution in [0.2, 0.25) is 0 Å². The van der Waals surface area contributed by atoms with Crippen LogP contribution in [0.1, 0.15) is 65.0 Å². The van der Waals surface area contributed by atoms with E-state index < -0.39 is 0 Å². The average molecular weight is 428 g/mol. The lowest BCUT2D eigenvalue weighted by Crippen LogP contribution is -2.34. The van der Waals surface area contributed by atoms with E-state index in [1.807, 2.05) is 13.0 Å². The van der Waals surface area contributed by atoms with Crippen molar-refractivity contribution in [1.82, 2.24) is 4.90 Å². The van der Waals surface area contributed by atoms with Crippen LogP contribution >= 0.6 is 0 Å².